The molecule has 1 aromatic rings. The van der Waals surface area contributed by atoms with Crippen LogP contribution in [0, 0.1) is 0 Å². The van der Waals surface area contributed by atoms with Gasteiger partial charge in [-0.1, -0.05) is 29.3 Å². The summed E-state index contributed by atoms with van der Waals surface area (Å²) < 4.78 is 0. The zero-order chi connectivity index (χ0) is 15.8. The molecule has 0 amide bonds. The number of likely N-dealkylation sites (tertiary alicyclic amines) is 1. The van der Waals surface area contributed by atoms with Crippen molar-refractivity contribution in [1.29, 1.82) is 0 Å². The van der Waals surface area contributed by atoms with Crippen LogP contribution in [0.1, 0.15) is 30.4 Å². The quantitative estimate of drug-likeness (QED) is 0.769. The number of hydrogen-bond acceptors (Lipinski definition) is 2. The zero-order valence-corrected chi connectivity index (χ0v) is 14.4. The van der Waals surface area contributed by atoms with Crippen molar-refractivity contribution in [3.05, 3.63) is 63.8 Å². The van der Waals surface area contributed by atoms with E-state index < -0.39 is 0 Å². The molecule has 0 radical (unpaired) electrons. The van der Waals surface area contributed by atoms with E-state index >= 15 is 0 Å². The molecule has 2 nitrogen and oxygen atoms in total. The van der Waals surface area contributed by atoms with Crippen LogP contribution >= 0.6 is 11.6 Å². The Morgan fingerprint density at radius 3 is 2.78 bits per heavy atom. The van der Waals surface area contributed by atoms with Crippen molar-refractivity contribution in [2.75, 3.05) is 20.1 Å². The van der Waals surface area contributed by atoms with Crippen molar-refractivity contribution >= 4 is 17.2 Å². The number of aryl methyl sites for hydroxylation is 1. The molecule has 23 heavy (non-hydrogen) atoms. The molecule has 4 rings (SSSR count). The van der Waals surface area contributed by atoms with Gasteiger partial charge in [-0.25, -0.2) is 0 Å². The standard InChI is InChI=1S/C20H23ClN2/c1-23-11-8-14(9-12-23)19-18-7-6-17(21)13-16(18)5-4-15-3-2-10-22-20(15)19/h2-3,6-7,10,13,20,22H,4-5,8-9,11-12H2,1H3. The molecule has 0 aromatic heterocycles. The Balaban J connectivity index is 1.86. The maximum atomic E-state index is 6.27. The summed E-state index contributed by atoms with van der Waals surface area (Å²) in [5.74, 6) is 0. The molecule has 3 aliphatic rings. The Bertz CT molecular complexity index is 704. The molecule has 1 saturated heterocycles. The molecular weight excluding hydrogens is 304 g/mol. The number of benzene rings is 1. The van der Waals surface area contributed by atoms with E-state index in [2.05, 4.69) is 47.7 Å². The minimum atomic E-state index is 0.334. The van der Waals surface area contributed by atoms with E-state index in [0.29, 0.717) is 6.04 Å². The van der Waals surface area contributed by atoms with E-state index in [0.717, 1.165) is 31.0 Å². The molecule has 1 atom stereocenters. The summed E-state index contributed by atoms with van der Waals surface area (Å²) >= 11 is 6.27. The van der Waals surface area contributed by atoms with E-state index in [1.807, 2.05) is 6.07 Å². The highest BCUT2D eigenvalue weighted by atomic mass is 35.5. The van der Waals surface area contributed by atoms with Crippen LogP contribution in [0.15, 0.2) is 47.7 Å². The molecule has 2 aliphatic heterocycles. The molecule has 1 aliphatic carbocycles. The van der Waals surface area contributed by atoms with Gasteiger partial charge in [-0.2, -0.15) is 0 Å². The number of rotatable bonds is 0. The Labute approximate surface area is 143 Å². The highest BCUT2D eigenvalue weighted by molar-refractivity contribution is 6.30. The third-order valence-electron chi connectivity index (χ3n) is 5.34. The van der Waals surface area contributed by atoms with Crippen LogP contribution in [0.2, 0.25) is 5.02 Å². The summed E-state index contributed by atoms with van der Waals surface area (Å²) in [5.41, 5.74) is 7.44. The van der Waals surface area contributed by atoms with E-state index in [-0.39, 0.29) is 0 Å². The maximum Gasteiger partial charge on any atom is 0.0730 e. The van der Waals surface area contributed by atoms with Gasteiger partial charge in [0.1, 0.15) is 0 Å². The van der Waals surface area contributed by atoms with Crippen molar-refractivity contribution in [2.45, 2.75) is 31.7 Å². The Morgan fingerprint density at radius 2 is 1.96 bits per heavy atom. The van der Waals surface area contributed by atoms with Crippen LogP contribution in [0.5, 0.6) is 0 Å². The number of allylic oxidation sites excluding steroid dienone is 2. The van der Waals surface area contributed by atoms with Crippen molar-refractivity contribution in [1.82, 2.24) is 10.2 Å². The summed E-state index contributed by atoms with van der Waals surface area (Å²) in [4.78, 5) is 2.43. The fourth-order valence-electron chi connectivity index (χ4n) is 4.04. The molecule has 1 N–H and O–H groups in total. The molecule has 1 unspecified atom stereocenters. The van der Waals surface area contributed by atoms with Crippen LogP contribution in [0.3, 0.4) is 0 Å². The molecule has 120 valence electrons. The predicted octanol–water partition coefficient (Wildman–Crippen LogP) is 4.18. The molecular formula is C20H23ClN2. The van der Waals surface area contributed by atoms with Gasteiger partial charge in [-0.15, -0.1) is 0 Å². The number of halogens is 1. The largest absolute Gasteiger partial charge is 0.380 e. The highest BCUT2D eigenvalue weighted by Gasteiger charge is 2.29. The van der Waals surface area contributed by atoms with Gasteiger partial charge in [0.15, 0.2) is 0 Å². The lowest BCUT2D eigenvalue weighted by molar-refractivity contribution is 0.312. The van der Waals surface area contributed by atoms with Crippen LogP contribution < -0.4 is 5.32 Å². The number of piperidine rings is 1. The van der Waals surface area contributed by atoms with Gasteiger partial charge >= 0.3 is 0 Å². The second-order valence-corrected chi connectivity index (χ2v) is 7.26. The van der Waals surface area contributed by atoms with Gasteiger partial charge in [-0.3, -0.25) is 0 Å². The Kier molecular flexibility index (Phi) is 4.04. The normalized spacial score (nSPS) is 24.4. The smallest absolute Gasteiger partial charge is 0.0730 e. The lowest BCUT2D eigenvalue weighted by Gasteiger charge is -2.31. The van der Waals surface area contributed by atoms with E-state index in [1.165, 1.54) is 35.1 Å². The zero-order valence-electron chi connectivity index (χ0n) is 13.6. The summed E-state index contributed by atoms with van der Waals surface area (Å²) in [7, 11) is 2.22. The summed E-state index contributed by atoms with van der Waals surface area (Å²) in [6.07, 6.45) is 11.0. The number of nitrogens with one attached hydrogen (secondary N) is 1. The van der Waals surface area contributed by atoms with Crippen LogP contribution in [-0.4, -0.2) is 31.1 Å². The van der Waals surface area contributed by atoms with Gasteiger partial charge in [0.2, 0.25) is 0 Å². The molecule has 0 spiro atoms. The number of hydrogen-bond donors (Lipinski definition) is 1. The van der Waals surface area contributed by atoms with Gasteiger partial charge in [-0.05, 0) is 79.4 Å². The molecule has 3 heteroatoms. The first kappa shape index (κ1) is 15.0. The van der Waals surface area contributed by atoms with Crippen molar-refractivity contribution < 1.29 is 0 Å². The molecule has 0 saturated carbocycles. The molecule has 1 aromatic carbocycles. The first-order valence-electron chi connectivity index (χ1n) is 8.53. The lowest BCUT2D eigenvalue weighted by atomic mass is 9.85. The fraction of sp³-hybridized carbons (Fsp3) is 0.400. The number of dihydropyridines is 1. The topological polar surface area (TPSA) is 15.3 Å². The van der Waals surface area contributed by atoms with Crippen LogP contribution in [0.25, 0.3) is 5.57 Å². The van der Waals surface area contributed by atoms with Gasteiger partial charge < -0.3 is 10.2 Å². The first-order valence-corrected chi connectivity index (χ1v) is 8.91. The van der Waals surface area contributed by atoms with Crippen molar-refractivity contribution in [3.63, 3.8) is 0 Å². The summed E-state index contributed by atoms with van der Waals surface area (Å²) in [6, 6.07) is 6.78. The van der Waals surface area contributed by atoms with Crippen molar-refractivity contribution in [3.8, 4) is 0 Å². The highest BCUT2D eigenvalue weighted by Crippen LogP contribution is 2.39. The van der Waals surface area contributed by atoms with E-state index in [9.17, 15) is 0 Å². The summed E-state index contributed by atoms with van der Waals surface area (Å²) in [6.45, 7) is 2.31. The molecule has 0 bridgehead atoms. The van der Waals surface area contributed by atoms with E-state index in [1.54, 1.807) is 5.57 Å². The predicted molar refractivity (Wildman–Crippen MR) is 97.6 cm³/mol. The molecule has 1 fully saturated rings. The average Bonchev–Trinajstić information content (AvgIpc) is 2.72. The van der Waals surface area contributed by atoms with Gasteiger partial charge in [0.05, 0.1) is 6.04 Å². The minimum Gasteiger partial charge on any atom is -0.380 e. The number of fused-ring (bicyclic) bond motifs is 2. The monoisotopic (exact) mass is 326 g/mol. The first-order chi connectivity index (χ1) is 11.2. The Morgan fingerprint density at radius 1 is 1.13 bits per heavy atom. The number of nitrogens with zero attached hydrogens (tertiary/aromatic N) is 1. The molecule has 2 heterocycles. The maximum absolute atomic E-state index is 6.27. The average molecular weight is 327 g/mol. The van der Waals surface area contributed by atoms with Crippen molar-refractivity contribution in [2.24, 2.45) is 0 Å². The second-order valence-electron chi connectivity index (χ2n) is 6.82. The third kappa shape index (κ3) is 2.86. The second kappa shape index (κ2) is 6.18. The Hall–Kier alpha value is -1.51. The van der Waals surface area contributed by atoms with Gasteiger partial charge in [0.25, 0.3) is 0 Å². The SMILES string of the molecule is CN1CCC(=C2c3ccc(Cl)cc3CCC3=CC=CNC32)CC1. The van der Waals surface area contributed by atoms with Gasteiger partial charge in [0, 0.05) is 18.1 Å². The van der Waals surface area contributed by atoms with Crippen LogP contribution in [0.4, 0.5) is 0 Å². The van der Waals surface area contributed by atoms with Crippen LogP contribution in [-0.2, 0) is 6.42 Å². The fourth-order valence-corrected chi connectivity index (χ4v) is 4.24. The lowest BCUT2D eigenvalue weighted by Crippen LogP contribution is -2.33. The van der Waals surface area contributed by atoms with E-state index in [4.69, 9.17) is 11.6 Å². The minimum absolute atomic E-state index is 0.334. The third-order valence-corrected chi connectivity index (χ3v) is 5.58. The summed E-state index contributed by atoms with van der Waals surface area (Å²) in [5, 5.41) is 4.47.